The zero-order chi connectivity index (χ0) is 19.8. The molecule has 0 aliphatic heterocycles. The highest BCUT2D eigenvalue weighted by Crippen LogP contribution is 2.41. The summed E-state index contributed by atoms with van der Waals surface area (Å²) in [5, 5.41) is 0.0225. The third-order valence-corrected chi connectivity index (χ3v) is 6.32. The molecule has 0 fully saturated rings. The monoisotopic (exact) mass is 378 g/mol. The average molecular weight is 379 g/mol. The first-order chi connectivity index (χ1) is 12.8. The minimum Gasteiger partial charge on any atom is -0.299 e. The predicted octanol–water partition coefficient (Wildman–Crippen LogP) is 6.53. The molecule has 3 rings (SSSR count). The van der Waals surface area contributed by atoms with Gasteiger partial charge in [-0.15, -0.1) is 9.24 Å². The molecular formula is C24H31N2P. The van der Waals surface area contributed by atoms with Gasteiger partial charge in [0.05, 0.1) is 5.69 Å². The summed E-state index contributed by atoms with van der Waals surface area (Å²) in [4.78, 5) is 4.79. The van der Waals surface area contributed by atoms with Gasteiger partial charge >= 0.3 is 0 Å². The molecule has 27 heavy (non-hydrogen) atoms. The van der Waals surface area contributed by atoms with Gasteiger partial charge in [-0.1, -0.05) is 56.7 Å². The van der Waals surface area contributed by atoms with Gasteiger partial charge in [0.1, 0.15) is 5.82 Å². The topological polar surface area (TPSA) is 17.8 Å². The van der Waals surface area contributed by atoms with Gasteiger partial charge in [0.2, 0.25) is 0 Å². The summed E-state index contributed by atoms with van der Waals surface area (Å²) in [6, 6.07) is 11.4. The molecule has 0 saturated carbocycles. The molecule has 1 aromatic heterocycles. The first-order valence-electron chi connectivity index (χ1n) is 9.82. The summed E-state index contributed by atoms with van der Waals surface area (Å²) in [6.45, 7) is 13.3. The smallest absolute Gasteiger partial charge is 0.144 e. The van der Waals surface area contributed by atoms with Gasteiger partial charge in [-0.25, -0.2) is 4.98 Å². The molecule has 0 N–H and O–H groups in total. The molecule has 2 unspecified atom stereocenters. The zero-order valence-corrected chi connectivity index (χ0v) is 18.6. The summed E-state index contributed by atoms with van der Waals surface area (Å²) in [7, 11) is 3.06. The van der Waals surface area contributed by atoms with Crippen LogP contribution in [-0.4, -0.2) is 9.55 Å². The summed E-state index contributed by atoms with van der Waals surface area (Å²) in [6.07, 6.45) is 6.10. The second kappa shape index (κ2) is 7.60. The van der Waals surface area contributed by atoms with E-state index < -0.39 is 0 Å². The highest BCUT2D eigenvalue weighted by Gasteiger charge is 2.25. The van der Waals surface area contributed by atoms with Crippen molar-refractivity contribution in [3.8, 4) is 17.1 Å². The van der Waals surface area contributed by atoms with Crippen molar-refractivity contribution in [1.29, 1.82) is 0 Å². The first-order valence-corrected chi connectivity index (χ1v) is 10.4. The number of imidazole rings is 1. The van der Waals surface area contributed by atoms with Crippen molar-refractivity contribution in [3.63, 3.8) is 0 Å². The Morgan fingerprint density at radius 2 is 1.70 bits per heavy atom. The maximum Gasteiger partial charge on any atom is 0.144 e. The maximum absolute atomic E-state index is 4.79. The van der Waals surface area contributed by atoms with Crippen LogP contribution in [0.25, 0.3) is 17.1 Å². The number of aromatic nitrogens is 2. The number of nitrogens with zero attached hydrogens (tertiary/aromatic N) is 2. The van der Waals surface area contributed by atoms with Crippen LogP contribution in [0.3, 0.4) is 0 Å². The van der Waals surface area contributed by atoms with Gasteiger partial charge in [0, 0.05) is 23.1 Å². The molecule has 0 radical (unpaired) electrons. The third kappa shape index (κ3) is 3.73. The lowest BCUT2D eigenvalue weighted by Gasteiger charge is -2.27. The molecule has 2 aromatic carbocycles. The van der Waals surface area contributed by atoms with Gasteiger partial charge in [0.25, 0.3) is 0 Å². The van der Waals surface area contributed by atoms with E-state index in [4.69, 9.17) is 4.98 Å². The lowest BCUT2D eigenvalue weighted by molar-refractivity contribution is 0.664. The van der Waals surface area contributed by atoms with Gasteiger partial charge in [-0.05, 0) is 55.9 Å². The van der Waals surface area contributed by atoms with Gasteiger partial charge in [-0.2, -0.15) is 0 Å². The third-order valence-electron chi connectivity index (χ3n) is 5.60. The van der Waals surface area contributed by atoms with Crippen LogP contribution in [-0.2, 0) is 11.6 Å². The Morgan fingerprint density at radius 1 is 1.04 bits per heavy atom. The molecule has 1 heterocycles. The molecule has 0 aliphatic rings. The Bertz CT molecular complexity index is 943. The fourth-order valence-electron chi connectivity index (χ4n) is 3.90. The van der Waals surface area contributed by atoms with Crippen LogP contribution in [0.2, 0.25) is 0 Å². The summed E-state index contributed by atoms with van der Waals surface area (Å²) in [5.74, 6) is 1.02. The predicted molar refractivity (Wildman–Crippen MR) is 120 cm³/mol. The van der Waals surface area contributed by atoms with Gasteiger partial charge < -0.3 is 0 Å². The summed E-state index contributed by atoms with van der Waals surface area (Å²) >= 11 is 0. The number of hydrogen-bond acceptors (Lipinski definition) is 1. The Morgan fingerprint density at radius 3 is 2.30 bits per heavy atom. The quantitative estimate of drug-likeness (QED) is 0.462. The number of aryl methyl sites for hydroxylation is 4. The van der Waals surface area contributed by atoms with Crippen LogP contribution in [0, 0.1) is 20.8 Å². The number of hydrogen-bond donors (Lipinski definition) is 0. The van der Waals surface area contributed by atoms with E-state index in [2.05, 4.69) is 91.9 Å². The molecule has 3 aromatic rings. The standard InChI is InChI=1S/C24H31N2P/c1-7-19-9-10-20(21(15-19)24(6,27)8-2)23-25-11-12-26(23)22-17(4)13-16(3)14-18(22)5/h9-15H,7-8,27H2,1-6H3. The van der Waals surface area contributed by atoms with Crippen molar-refractivity contribution in [1.82, 2.24) is 9.55 Å². The molecular weight excluding hydrogens is 347 g/mol. The van der Waals surface area contributed by atoms with Crippen LogP contribution in [0.1, 0.15) is 55.0 Å². The molecule has 3 heteroatoms. The minimum absolute atomic E-state index is 0.0225. The van der Waals surface area contributed by atoms with Crippen LogP contribution in [0.15, 0.2) is 42.7 Å². The van der Waals surface area contributed by atoms with E-state index in [0.29, 0.717) is 0 Å². The van der Waals surface area contributed by atoms with Crippen molar-refractivity contribution in [2.45, 2.75) is 59.5 Å². The number of rotatable bonds is 5. The fourth-order valence-corrected chi connectivity index (χ4v) is 4.14. The lowest BCUT2D eigenvalue weighted by atomic mass is 9.90. The van der Waals surface area contributed by atoms with Crippen molar-refractivity contribution >= 4 is 9.24 Å². The van der Waals surface area contributed by atoms with Crippen molar-refractivity contribution in [3.05, 3.63) is 70.5 Å². The van der Waals surface area contributed by atoms with Gasteiger partial charge in [-0.3, -0.25) is 4.57 Å². The van der Waals surface area contributed by atoms with Crippen molar-refractivity contribution in [2.24, 2.45) is 0 Å². The van der Waals surface area contributed by atoms with Crippen LogP contribution in [0.5, 0.6) is 0 Å². The maximum atomic E-state index is 4.79. The second-order valence-corrected chi connectivity index (χ2v) is 9.15. The van der Waals surface area contributed by atoms with E-state index in [0.717, 1.165) is 18.7 Å². The van der Waals surface area contributed by atoms with E-state index in [1.54, 1.807) is 0 Å². The van der Waals surface area contributed by atoms with E-state index in [1.165, 1.54) is 39.1 Å². The average Bonchev–Trinajstić information content (AvgIpc) is 3.09. The van der Waals surface area contributed by atoms with E-state index in [-0.39, 0.29) is 5.16 Å². The Kier molecular flexibility index (Phi) is 5.58. The van der Waals surface area contributed by atoms with Crippen molar-refractivity contribution < 1.29 is 0 Å². The largest absolute Gasteiger partial charge is 0.299 e. The van der Waals surface area contributed by atoms with Crippen LogP contribution >= 0.6 is 9.24 Å². The molecule has 142 valence electrons. The Balaban J connectivity index is 2.26. The Hall–Kier alpha value is -1.92. The first kappa shape index (κ1) is 19.8. The highest BCUT2D eigenvalue weighted by molar-refractivity contribution is 7.18. The molecule has 2 nitrogen and oxygen atoms in total. The zero-order valence-electron chi connectivity index (χ0n) is 17.4. The normalized spacial score (nSPS) is 13.6. The fraction of sp³-hybridized carbons (Fsp3) is 0.375. The summed E-state index contributed by atoms with van der Waals surface area (Å²) < 4.78 is 2.25. The molecule has 2 atom stereocenters. The van der Waals surface area contributed by atoms with Gasteiger partial charge in [0.15, 0.2) is 0 Å². The van der Waals surface area contributed by atoms with E-state index in [1.807, 2.05) is 6.20 Å². The number of benzene rings is 2. The molecule has 0 aliphatic carbocycles. The van der Waals surface area contributed by atoms with Crippen LogP contribution in [0.4, 0.5) is 0 Å². The SMILES string of the molecule is CCc1ccc(-c2nccn2-c2c(C)cc(C)cc2C)c(C(C)(P)CC)c1. The molecule has 0 amide bonds. The van der Waals surface area contributed by atoms with Crippen LogP contribution < -0.4 is 0 Å². The second-order valence-electron chi connectivity index (χ2n) is 7.87. The molecule has 0 saturated heterocycles. The van der Waals surface area contributed by atoms with Crippen molar-refractivity contribution in [2.75, 3.05) is 0 Å². The van der Waals surface area contributed by atoms with E-state index >= 15 is 0 Å². The molecule has 0 bridgehead atoms. The lowest BCUT2D eigenvalue weighted by Crippen LogP contribution is -2.14. The summed E-state index contributed by atoms with van der Waals surface area (Å²) in [5.41, 5.74) is 9.04. The highest BCUT2D eigenvalue weighted by atomic mass is 31.0. The Labute approximate surface area is 166 Å². The molecule has 0 spiro atoms. The van der Waals surface area contributed by atoms with E-state index in [9.17, 15) is 0 Å². The minimum atomic E-state index is 0.0225.